The maximum absolute atomic E-state index is 5.47. The van der Waals surface area contributed by atoms with E-state index >= 15 is 0 Å². The average molecular weight is 222 g/mol. The molecule has 1 aromatic heterocycles. The zero-order valence-corrected chi connectivity index (χ0v) is 10.5. The number of furan rings is 1. The van der Waals surface area contributed by atoms with Gasteiger partial charge in [0, 0.05) is 18.2 Å². The maximum Gasteiger partial charge on any atom is 0.122 e. The van der Waals surface area contributed by atoms with Crippen molar-refractivity contribution in [2.75, 3.05) is 14.1 Å². The van der Waals surface area contributed by atoms with E-state index in [-0.39, 0.29) is 0 Å². The van der Waals surface area contributed by atoms with Crippen LogP contribution in [0.1, 0.15) is 31.1 Å². The van der Waals surface area contributed by atoms with Crippen LogP contribution in [0.25, 0.3) is 0 Å². The van der Waals surface area contributed by atoms with Crippen molar-refractivity contribution in [2.24, 2.45) is 5.92 Å². The molecule has 3 nitrogen and oxygen atoms in total. The van der Waals surface area contributed by atoms with Crippen LogP contribution >= 0.6 is 0 Å². The lowest BCUT2D eigenvalue weighted by Gasteiger charge is -2.24. The van der Waals surface area contributed by atoms with Crippen molar-refractivity contribution < 1.29 is 4.42 Å². The van der Waals surface area contributed by atoms with E-state index in [1.54, 1.807) is 6.26 Å². The molecule has 0 aromatic carbocycles. The van der Waals surface area contributed by atoms with Gasteiger partial charge in [-0.2, -0.15) is 0 Å². The summed E-state index contributed by atoms with van der Waals surface area (Å²) in [5.41, 5.74) is 1.31. The fourth-order valence-electron chi connectivity index (χ4n) is 2.17. The van der Waals surface area contributed by atoms with E-state index in [0.717, 1.165) is 24.8 Å². The SMILES string of the molecule is CNCc1occc1CN(C)C(C)C1CC1. The second-order valence-corrected chi connectivity index (χ2v) is 4.89. The van der Waals surface area contributed by atoms with Crippen LogP contribution in [0.15, 0.2) is 16.7 Å². The first kappa shape index (κ1) is 11.7. The fourth-order valence-corrected chi connectivity index (χ4v) is 2.17. The Kier molecular flexibility index (Phi) is 3.66. The summed E-state index contributed by atoms with van der Waals surface area (Å²) >= 11 is 0. The van der Waals surface area contributed by atoms with Crippen LogP contribution in [-0.2, 0) is 13.1 Å². The minimum absolute atomic E-state index is 0.692. The molecule has 0 aliphatic heterocycles. The van der Waals surface area contributed by atoms with E-state index in [4.69, 9.17) is 4.42 Å². The van der Waals surface area contributed by atoms with E-state index in [1.165, 1.54) is 18.4 Å². The van der Waals surface area contributed by atoms with E-state index in [9.17, 15) is 0 Å². The predicted octanol–water partition coefficient (Wildman–Crippen LogP) is 2.23. The lowest BCUT2D eigenvalue weighted by molar-refractivity contribution is 0.225. The van der Waals surface area contributed by atoms with Gasteiger partial charge in [0.05, 0.1) is 12.8 Å². The average Bonchev–Trinajstić information content (AvgIpc) is 3.03. The van der Waals surface area contributed by atoms with Gasteiger partial charge < -0.3 is 9.73 Å². The molecule has 90 valence electrons. The molecule has 1 aliphatic rings. The number of hydrogen-bond donors (Lipinski definition) is 1. The molecular weight excluding hydrogens is 200 g/mol. The molecule has 1 atom stereocenters. The van der Waals surface area contributed by atoms with Gasteiger partial charge in [-0.3, -0.25) is 4.90 Å². The Balaban J connectivity index is 1.93. The molecule has 0 radical (unpaired) electrons. The van der Waals surface area contributed by atoms with Crippen LogP contribution in [0.2, 0.25) is 0 Å². The van der Waals surface area contributed by atoms with Gasteiger partial charge >= 0.3 is 0 Å². The number of rotatable bonds is 6. The standard InChI is InChI=1S/C13H22N2O/c1-10(11-4-5-11)15(3)9-12-6-7-16-13(12)8-14-2/h6-7,10-11,14H,4-5,8-9H2,1-3H3. The highest BCUT2D eigenvalue weighted by Crippen LogP contribution is 2.35. The van der Waals surface area contributed by atoms with Gasteiger partial charge in [-0.15, -0.1) is 0 Å². The minimum atomic E-state index is 0.692. The quantitative estimate of drug-likeness (QED) is 0.800. The molecule has 1 aliphatic carbocycles. The Morgan fingerprint density at radius 2 is 2.31 bits per heavy atom. The third-order valence-electron chi connectivity index (χ3n) is 3.59. The Hall–Kier alpha value is -0.800. The molecule has 3 heteroatoms. The fraction of sp³-hybridized carbons (Fsp3) is 0.692. The molecule has 1 fully saturated rings. The molecule has 1 unspecified atom stereocenters. The van der Waals surface area contributed by atoms with Gasteiger partial charge in [-0.25, -0.2) is 0 Å². The Morgan fingerprint density at radius 1 is 1.56 bits per heavy atom. The van der Waals surface area contributed by atoms with Crippen LogP contribution in [-0.4, -0.2) is 25.0 Å². The molecule has 1 saturated carbocycles. The Labute approximate surface area is 97.8 Å². The van der Waals surface area contributed by atoms with Crippen molar-refractivity contribution >= 4 is 0 Å². The van der Waals surface area contributed by atoms with E-state index < -0.39 is 0 Å². The van der Waals surface area contributed by atoms with Crippen LogP contribution in [0.3, 0.4) is 0 Å². The largest absolute Gasteiger partial charge is 0.468 e. The third kappa shape index (κ3) is 2.66. The molecule has 1 N–H and O–H groups in total. The first-order valence-corrected chi connectivity index (χ1v) is 6.12. The predicted molar refractivity (Wildman–Crippen MR) is 65.1 cm³/mol. The van der Waals surface area contributed by atoms with Gasteiger partial charge in [-0.05, 0) is 45.8 Å². The summed E-state index contributed by atoms with van der Waals surface area (Å²) in [4.78, 5) is 2.43. The summed E-state index contributed by atoms with van der Waals surface area (Å²) in [5.74, 6) is 1.99. The summed E-state index contributed by atoms with van der Waals surface area (Å²) in [6.45, 7) is 4.13. The molecular formula is C13H22N2O. The van der Waals surface area contributed by atoms with Crippen molar-refractivity contribution in [3.63, 3.8) is 0 Å². The highest BCUT2D eigenvalue weighted by atomic mass is 16.3. The zero-order chi connectivity index (χ0) is 11.5. The van der Waals surface area contributed by atoms with Crippen molar-refractivity contribution in [1.29, 1.82) is 0 Å². The van der Waals surface area contributed by atoms with Crippen LogP contribution < -0.4 is 5.32 Å². The van der Waals surface area contributed by atoms with Crippen LogP contribution in [0.4, 0.5) is 0 Å². The van der Waals surface area contributed by atoms with Crippen LogP contribution in [0, 0.1) is 5.92 Å². The van der Waals surface area contributed by atoms with Crippen molar-refractivity contribution in [2.45, 2.75) is 38.9 Å². The van der Waals surface area contributed by atoms with Crippen molar-refractivity contribution in [3.8, 4) is 0 Å². The molecule has 0 saturated heterocycles. The number of nitrogens with zero attached hydrogens (tertiary/aromatic N) is 1. The molecule has 16 heavy (non-hydrogen) atoms. The van der Waals surface area contributed by atoms with Crippen molar-refractivity contribution in [3.05, 3.63) is 23.7 Å². The highest BCUT2D eigenvalue weighted by molar-refractivity contribution is 5.17. The monoisotopic (exact) mass is 222 g/mol. The van der Waals surface area contributed by atoms with E-state index in [1.807, 2.05) is 7.05 Å². The summed E-state index contributed by atoms with van der Waals surface area (Å²) in [7, 11) is 4.15. The third-order valence-corrected chi connectivity index (χ3v) is 3.59. The number of hydrogen-bond acceptors (Lipinski definition) is 3. The summed E-state index contributed by atoms with van der Waals surface area (Å²) in [6.07, 6.45) is 4.60. The Morgan fingerprint density at radius 3 is 2.94 bits per heavy atom. The molecule has 0 amide bonds. The zero-order valence-electron chi connectivity index (χ0n) is 10.5. The second kappa shape index (κ2) is 5.02. The normalized spacial score (nSPS) is 18.0. The van der Waals surface area contributed by atoms with Gasteiger partial charge in [0.2, 0.25) is 0 Å². The lowest BCUT2D eigenvalue weighted by Crippen LogP contribution is -2.30. The highest BCUT2D eigenvalue weighted by Gasteiger charge is 2.30. The van der Waals surface area contributed by atoms with Crippen LogP contribution in [0.5, 0.6) is 0 Å². The van der Waals surface area contributed by atoms with Gasteiger partial charge in [-0.1, -0.05) is 0 Å². The summed E-state index contributed by atoms with van der Waals surface area (Å²) < 4.78 is 5.47. The summed E-state index contributed by atoms with van der Waals surface area (Å²) in [6, 6.07) is 2.78. The van der Waals surface area contributed by atoms with Gasteiger partial charge in [0.15, 0.2) is 0 Å². The maximum atomic E-state index is 5.47. The van der Waals surface area contributed by atoms with Gasteiger partial charge in [0.1, 0.15) is 5.76 Å². The topological polar surface area (TPSA) is 28.4 Å². The number of nitrogens with one attached hydrogen (secondary N) is 1. The molecule has 1 aromatic rings. The summed E-state index contributed by atoms with van der Waals surface area (Å²) in [5, 5.41) is 3.14. The Bertz CT molecular complexity index is 330. The van der Waals surface area contributed by atoms with Gasteiger partial charge in [0.25, 0.3) is 0 Å². The molecule has 2 rings (SSSR count). The molecule has 0 spiro atoms. The first-order chi connectivity index (χ1) is 7.72. The molecule has 1 heterocycles. The van der Waals surface area contributed by atoms with E-state index in [0.29, 0.717) is 6.04 Å². The minimum Gasteiger partial charge on any atom is -0.468 e. The lowest BCUT2D eigenvalue weighted by atomic mass is 10.1. The smallest absolute Gasteiger partial charge is 0.122 e. The van der Waals surface area contributed by atoms with E-state index in [2.05, 4.69) is 30.3 Å². The first-order valence-electron chi connectivity index (χ1n) is 6.12. The second-order valence-electron chi connectivity index (χ2n) is 4.89. The van der Waals surface area contributed by atoms with Crippen molar-refractivity contribution in [1.82, 2.24) is 10.2 Å². The molecule has 0 bridgehead atoms.